The van der Waals surface area contributed by atoms with Gasteiger partial charge < -0.3 is 4.74 Å². The van der Waals surface area contributed by atoms with Gasteiger partial charge in [0.25, 0.3) is 0 Å². The van der Waals surface area contributed by atoms with Crippen LogP contribution in [-0.2, 0) is 4.74 Å². The van der Waals surface area contributed by atoms with Crippen molar-refractivity contribution in [3.63, 3.8) is 0 Å². The summed E-state index contributed by atoms with van der Waals surface area (Å²) in [6, 6.07) is 2.23. The van der Waals surface area contributed by atoms with Crippen molar-refractivity contribution in [2.24, 2.45) is 5.92 Å². The van der Waals surface area contributed by atoms with E-state index in [0.29, 0.717) is 6.61 Å². The fourth-order valence-corrected chi connectivity index (χ4v) is 2.08. The average molecular weight is 181 g/mol. The average Bonchev–Trinajstić information content (AvgIpc) is 2.19. The van der Waals surface area contributed by atoms with Crippen LogP contribution in [0, 0.1) is 17.2 Å². The molecule has 1 aliphatic carbocycles. The third-order valence-corrected chi connectivity index (χ3v) is 2.78. The van der Waals surface area contributed by atoms with E-state index in [-0.39, 0.29) is 6.10 Å². The molecule has 0 heterocycles. The first kappa shape index (κ1) is 10.5. The summed E-state index contributed by atoms with van der Waals surface area (Å²) in [5.41, 5.74) is 0. The van der Waals surface area contributed by atoms with Gasteiger partial charge in [-0.1, -0.05) is 32.1 Å². The lowest BCUT2D eigenvalue weighted by Gasteiger charge is -2.23. The molecule has 0 aromatic heterocycles. The van der Waals surface area contributed by atoms with Crippen LogP contribution in [0.4, 0.5) is 0 Å². The highest BCUT2D eigenvalue weighted by molar-refractivity contribution is 4.86. The molecule has 1 rings (SSSR count). The van der Waals surface area contributed by atoms with Gasteiger partial charge in [0.15, 0.2) is 0 Å². The number of ether oxygens (including phenoxy) is 1. The zero-order chi connectivity index (χ0) is 9.52. The van der Waals surface area contributed by atoms with E-state index in [0.717, 1.165) is 12.3 Å². The van der Waals surface area contributed by atoms with E-state index >= 15 is 0 Å². The molecule has 0 amide bonds. The second-order valence-corrected chi connectivity index (χ2v) is 3.81. The smallest absolute Gasteiger partial charge is 0.144 e. The molecule has 0 aliphatic heterocycles. The van der Waals surface area contributed by atoms with E-state index in [1.807, 2.05) is 6.92 Å². The molecule has 74 valence electrons. The van der Waals surface area contributed by atoms with Gasteiger partial charge in [0.2, 0.25) is 0 Å². The first-order valence-electron chi connectivity index (χ1n) is 5.38. The summed E-state index contributed by atoms with van der Waals surface area (Å²) >= 11 is 0. The lowest BCUT2D eigenvalue weighted by Crippen LogP contribution is -2.17. The van der Waals surface area contributed by atoms with Gasteiger partial charge in [-0.2, -0.15) is 5.26 Å². The number of nitrogens with zero attached hydrogens (tertiary/aromatic N) is 1. The largest absolute Gasteiger partial charge is 0.364 e. The van der Waals surface area contributed by atoms with Crippen LogP contribution < -0.4 is 0 Å². The fourth-order valence-electron chi connectivity index (χ4n) is 2.08. The summed E-state index contributed by atoms with van der Waals surface area (Å²) in [6.07, 6.45) is 7.45. The van der Waals surface area contributed by atoms with Gasteiger partial charge in [0.1, 0.15) is 6.10 Å². The molecule has 0 bridgehead atoms. The van der Waals surface area contributed by atoms with Crippen LogP contribution in [0.1, 0.15) is 45.4 Å². The predicted octanol–water partition coefficient (Wildman–Crippen LogP) is 2.89. The Morgan fingerprint density at radius 2 is 2.08 bits per heavy atom. The van der Waals surface area contributed by atoms with Gasteiger partial charge in [0.05, 0.1) is 6.07 Å². The molecule has 1 saturated carbocycles. The van der Waals surface area contributed by atoms with Crippen LogP contribution >= 0.6 is 0 Å². The molecule has 1 atom stereocenters. The van der Waals surface area contributed by atoms with Crippen molar-refractivity contribution >= 4 is 0 Å². The molecule has 0 N–H and O–H groups in total. The van der Waals surface area contributed by atoms with Crippen molar-refractivity contribution in [1.29, 1.82) is 5.26 Å². The third-order valence-electron chi connectivity index (χ3n) is 2.78. The van der Waals surface area contributed by atoms with Crippen molar-refractivity contribution in [3.8, 4) is 6.07 Å². The first-order valence-corrected chi connectivity index (χ1v) is 5.38. The Bertz CT molecular complexity index is 167. The van der Waals surface area contributed by atoms with Gasteiger partial charge in [-0.15, -0.1) is 0 Å². The van der Waals surface area contributed by atoms with Gasteiger partial charge in [-0.25, -0.2) is 0 Å². The summed E-state index contributed by atoms with van der Waals surface area (Å²) in [7, 11) is 0. The maximum absolute atomic E-state index is 8.81. The number of hydrogen-bond acceptors (Lipinski definition) is 2. The Balaban J connectivity index is 2.24. The number of hydrogen-bond donors (Lipinski definition) is 0. The van der Waals surface area contributed by atoms with E-state index in [2.05, 4.69) is 6.07 Å². The van der Waals surface area contributed by atoms with E-state index in [9.17, 15) is 0 Å². The highest BCUT2D eigenvalue weighted by Crippen LogP contribution is 2.27. The SMILES string of the molecule is CCOC(C#N)CC1CCCCC1. The second-order valence-electron chi connectivity index (χ2n) is 3.81. The first-order chi connectivity index (χ1) is 6.36. The molecule has 0 radical (unpaired) electrons. The molecule has 1 unspecified atom stereocenters. The van der Waals surface area contributed by atoms with Gasteiger partial charge in [-0.3, -0.25) is 0 Å². The lowest BCUT2D eigenvalue weighted by atomic mass is 9.85. The fraction of sp³-hybridized carbons (Fsp3) is 0.909. The van der Waals surface area contributed by atoms with E-state index in [1.165, 1.54) is 32.1 Å². The van der Waals surface area contributed by atoms with Gasteiger partial charge >= 0.3 is 0 Å². The molecule has 1 aliphatic rings. The van der Waals surface area contributed by atoms with Gasteiger partial charge in [-0.05, 0) is 19.3 Å². The summed E-state index contributed by atoms with van der Waals surface area (Å²) < 4.78 is 5.33. The molecule has 0 saturated heterocycles. The quantitative estimate of drug-likeness (QED) is 0.668. The highest BCUT2D eigenvalue weighted by Gasteiger charge is 2.18. The Hall–Kier alpha value is -0.550. The van der Waals surface area contributed by atoms with E-state index in [4.69, 9.17) is 10.00 Å². The minimum Gasteiger partial charge on any atom is -0.364 e. The normalized spacial score (nSPS) is 20.9. The summed E-state index contributed by atoms with van der Waals surface area (Å²) in [5.74, 6) is 0.741. The van der Waals surface area contributed by atoms with Crippen LogP contribution in [-0.4, -0.2) is 12.7 Å². The zero-order valence-corrected chi connectivity index (χ0v) is 8.46. The molecule has 0 aromatic carbocycles. The topological polar surface area (TPSA) is 33.0 Å². The summed E-state index contributed by atoms with van der Waals surface area (Å²) in [5, 5.41) is 8.81. The molecule has 13 heavy (non-hydrogen) atoms. The maximum Gasteiger partial charge on any atom is 0.144 e. The summed E-state index contributed by atoms with van der Waals surface area (Å²) in [6.45, 7) is 2.61. The molecular formula is C11H19NO. The van der Waals surface area contributed by atoms with Crippen molar-refractivity contribution in [1.82, 2.24) is 0 Å². The maximum atomic E-state index is 8.81. The number of rotatable bonds is 4. The van der Waals surface area contributed by atoms with Crippen LogP contribution in [0.2, 0.25) is 0 Å². The minimum absolute atomic E-state index is 0.159. The van der Waals surface area contributed by atoms with E-state index < -0.39 is 0 Å². The molecule has 0 aromatic rings. The molecule has 0 spiro atoms. The standard InChI is InChI=1S/C11H19NO/c1-2-13-11(9-12)8-10-6-4-3-5-7-10/h10-11H,2-8H2,1H3. The summed E-state index contributed by atoms with van der Waals surface area (Å²) in [4.78, 5) is 0. The van der Waals surface area contributed by atoms with E-state index in [1.54, 1.807) is 0 Å². The Morgan fingerprint density at radius 1 is 1.38 bits per heavy atom. The predicted molar refractivity (Wildman–Crippen MR) is 52.2 cm³/mol. The van der Waals surface area contributed by atoms with Crippen LogP contribution in [0.3, 0.4) is 0 Å². The molecular weight excluding hydrogens is 162 g/mol. The Kier molecular flexibility index (Phi) is 4.85. The molecule has 2 heteroatoms. The second kappa shape index (κ2) is 5.99. The zero-order valence-electron chi connectivity index (χ0n) is 8.46. The lowest BCUT2D eigenvalue weighted by molar-refractivity contribution is 0.0770. The Labute approximate surface area is 80.9 Å². The van der Waals surface area contributed by atoms with Crippen molar-refractivity contribution in [2.75, 3.05) is 6.61 Å². The monoisotopic (exact) mass is 181 g/mol. The molecule has 1 fully saturated rings. The van der Waals surface area contributed by atoms with Crippen LogP contribution in [0.15, 0.2) is 0 Å². The highest BCUT2D eigenvalue weighted by atomic mass is 16.5. The molecule has 2 nitrogen and oxygen atoms in total. The van der Waals surface area contributed by atoms with Crippen LogP contribution in [0.5, 0.6) is 0 Å². The van der Waals surface area contributed by atoms with Gasteiger partial charge in [0, 0.05) is 6.61 Å². The van der Waals surface area contributed by atoms with Crippen molar-refractivity contribution in [2.45, 2.75) is 51.6 Å². The minimum atomic E-state index is -0.159. The van der Waals surface area contributed by atoms with Crippen molar-refractivity contribution < 1.29 is 4.74 Å². The number of nitriles is 1. The van der Waals surface area contributed by atoms with Crippen molar-refractivity contribution in [3.05, 3.63) is 0 Å². The van der Waals surface area contributed by atoms with Crippen LogP contribution in [0.25, 0.3) is 0 Å². The Morgan fingerprint density at radius 3 is 2.62 bits per heavy atom. The third kappa shape index (κ3) is 3.78.